The van der Waals surface area contributed by atoms with Crippen LogP contribution in [0.2, 0.25) is 10.0 Å². The van der Waals surface area contributed by atoms with Crippen LogP contribution < -0.4 is 4.74 Å². The monoisotopic (exact) mass is 278 g/mol. The third-order valence-corrected chi connectivity index (χ3v) is 2.75. The van der Waals surface area contributed by atoms with Crippen molar-refractivity contribution in [2.75, 3.05) is 0 Å². The second-order valence-electron chi connectivity index (χ2n) is 3.59. The molecule has 90 valence electrons. The zero-order chi connectivity index (χ0) is 13.1. The minimum absolute atomic E-state index is 0.238. The first-order valence-electron chi connectivity index (χ1n) is 5.11. The molecule has 0 atom stereocenters. The molecule has 2 rings (SSSR count). The van der Waals surface area contributed by atoms with E-state index in [-0.39, 0.29) is 5.88 Å². The maximum atomic E-state index is 8.98. The van der Waals surface area contributed by atoms with Gasteiger partial charge in [0.25, 0.3) is 0 Å². The second-order valence-corrected chi connectivity index (χ2v) is 4.44. The smallest absolute Gasteiger partial charge is 0.237 e. The zero-order valence-electron chi connectivity index (χ0n) is 9.45. The van der Waals surface area contributed by atoms with Crippen molar-refractivity contribution in [2.24, 2.45) is 0 Å². The Labute approximate surface area is 115 Å². The molecule has 0 N–H and O–H groups in total. The number of aromatic nitrogens is 1. The summed E-state index contributed by atoms with van der Waals surface area (Å²) in [6.45, 7) is 1.82. The molecule has 0 saturated carbocycles. The van der Waals surface area contributed by atoms with E-state index in [1.54, 1.807) is 30.3 Å². The summed E-state index contributed by atoms with van der Waals surface area (Å²) in [6, 6.07) is 10.3. The molecule has 2 aromatic rings. The highest BCUT2D eigenvalue weighted by Crippen LogP contribution is 2.32. The molecule has 0 saturated heterocycles. The molecule has 1 aromatic heterocycles. The van der Waals surface area contributed by atoms with Crippen LogP contribution >= 0.6 is 23.2 Å². The summed E-state index contributed by atoms with van der Waals surface area (Å²) in [6.07, 6.45) is 0. The number of hydrogen-bond acceptors (Lipinski definition) is 3. The highest BCUT2D eigenvalue weighted by Gasteiger charge is 2.09. The summed E-state index contributed by atoms with van der Waals surface area (Å²) < 4.78 is 5.54. The number of benzene rings is 1. The molecule has 3 nitrogen and oxygen atoms in total. The van der Waals surface area contributed by atoms with E-state index in [0.29, 0.717) is 21.4 Å². The van der Waals surface area contributed by atoms with E-state index in [2.05, 4.69) is 4.98 Å². The Kier molecular flexibility index (Phi) is 3.71. The molecule has 0 bridgehead atoms. The van der Waals surface area contributed by atoms with E-state index in [1.165, 1.54) is 0 Å². The second kappa shape index (κ2) is 5.26. The summed E-state index contributed by atoms with van der Waals surface area (Å²) in [7, 11) is 0. The van der Waals surface area contributed by atoms with Gasteiger partial charge in [-0.25, -0.2) is 4.98 Å². The third-order valence-electron chi connectivity index (χ3n) is 2.22. The number of rotatable bonds is 2. The number of hydrogen-bond donors (Lipinski definition) is 0. The van der Waals surface area contributed by atoms with E-state index in [4.69, 9.17) is 33.2 Å². The van der Waals surface area contributed by atoms with Crippen molar-refractivity contribution in [1.29, 1.82) is 5.26 Å². The van der Waals surface area contributed by atoms with Gasteiger partial charge < -0.3 is 4.74 Å². The third kappa shape index (κ3) is 2.73. The lowest BCUT2D eigenvalue weighted by Gasteiger charge is -2.08. The molecule has 0 aliphatic carbocycles. The molecule has 0 radical (unpaired) electrons. The van der Waals surface area contributed by atoms with Gasteiger partial charge in [0, 0.05) is 10.7 Å². The number of aryl methyl sites for hydroxylation is 1. The molecule has 18 heavy (non-hydrogen) atoms. The molecule has 1 aromatic carbocycles. The first-order chi connectivity index (χ1) is 8.60. The van der Waals surface area contributed by atoms with Crippen molar-refractivity contribution in [1.82, 2.24) is 4.98 Å². The van der Waals surface area contributed by atoms with Crippen molar-refractivity contribution in [2.45, 2.75) is 6.92 Å². The van der Waals surface area contributed by atoms with Crippen molar-refractivity contribution >= 4 is 23.2 Å². The van der Waals surface area contributed by atoms with Gasteiger partial charge >= 0.3 is 0 Å². The van der Waals surface area contributed by atoms with Crippen LogP contribution in [0.1, 0.15) is 11.3 Å². The van der Waals surface area contributed by atoms with Crippen LogP contribution in [-0.4, -0.2) is 4.98 Å². The summed E-state index contributed by atoms with van der Waals surface area (Å²) in [5.41, 5.74) is 1.11. The fourth-order valence-electron chi connectivity index (χ4n) is 1.36. The van der Waals surface area contributed by atoms with E-state index in [0.717, 1.165) is 5.69 Å². The SMILES string of the molecule is Cc1ccc(C#N)c(Oc2ccc(Cl)cc2Cl)n1. The molecule has 5 heteroatoms. The predicted molar refractivity (Wildman–Crippen MR) is 70.2 cm³/mol. The Morgan fingerprint density at radius 1 is 1.22 bits per heavy atom. The summed E-state index contributed by atoms with van der Waals surface area (Å²) >= 11 is 11.8. The van der Waals surface area contributed by atoms with Crippen molar-refractivity contribution < 1.29 is 4.74 Å². The summed E-state index contributed by atoms with van der Waals surface area (Å²) in [4.78, 5) is 4.17. The standard InChI is InChI=1S/C13H8Cl2N2O/c1-8-2-3-9(7-16)13(17-8)18-12-5-4-10(14)6-11(12)15/h2-6H,1H3. The topological polar surface area (TPSA) is 45.9 Å². The Balaban J connectivity index is 2.40. The lowest BCUT2D eigenvalue weighted by atomic mass is 10.2. The summed E-state index contributed by atoms with van der Waals surface area (Å²) in [5.74, 6) is 0.650. The Bertz CT molecular complexity index is 635. The molecule has 1 heterocycles. The fraction of sp³-hybridized carbons (Fsp3) is 0.0769. The van der Waals surface area contributed by atoms with E-state index in [9.17, 15) is 0 Å². The molecule has 0 aliphatic rings. The Hall–Kier alpha value is -1.76. The minimum Gasteiger partial charge on any atom is -0.436 e. The number of halogens is 2. The molecular formula is C13H8Cl2N2O. The van der Waals surface area contributed by atoms with Crippen LogP contribution in [0.15, 0.2) is 30.3 Å². The van der Waals surface area contributed by atoms with Crippen LogP contribution in [-0.2, 0) is 0 Å². The van der Waals surface area contributed by atoms with Gasteiger partial charge in [-0.15, -0.1) is 0 Å². The molecular weight excluding hydrogens is 271 g/mol. The lowest BCUT2D eigenvalue weighted by molar-refractivity contribution is 0.460. The molecule has 0 aliphatic heterocycles. The fourth-order valence-corrected chi connectivity index (χ4v) is 1.80. The Morgan fingerprint density at radius 3 is 2.67 bits per heavy atom. The molecule has 0 spiro atoms. The molecule has 0 unspecified atom stereocenters. The van der Waals surface area contributed by atoms with E-state index < -0.39 is 0 Å². The lowest BCUT2D eigenvalue weighted by Crippen LogP contribution is -1.94. The zero-order valence-corrected chi connectivity index (χ0v) is 11.0. The first-order valence-corrected chi connectivity index (χ1v) is 5.86. The highest BCUT2D eigenvalue weighted by atomic mass is 35.5. The van der Waals surface area contributed by atoms with Gasteiger partial charge in [-0.2, -0.15) is 5.26 Å². The summed E-state index contributed by atoms with van der Waals surface area (Å²) in [5, 5.41) is 9.87. The predicted octanol–water partition coefficient (Wildman–Crippen LogP) is 4.36. The van der Waals surface area contributed by atoms with Crippen molar-refractivity contribution in [3.8, 4) is 17.7 Å². The van der Waals surface area contributed by atoms with E-state index >= 15 is 0 Å². The highest BCUT2D eigenvalue weighted by molar-refractivity contribution is 6.35. The number of pyridine rings is 1. The number of nitrogens with zero attached hydrogens (tertiary/aromatic N) is 2. The largest absolute Gasteiger partial charge is 0.436 e. The van der Waals surface area contributed by atoms with Crippen LogP contribution in [0, 0.1) is 18.3 Å². The normalized spacial score (nSPS) is 9.89. The van der Waals surface area contributed by atoms with Gasteiger partial charge in [0.05, 0.1) is 5.02 Å². The molecule has 0 fully saturated rings. The van der Waals surface area contributed by atoms with Crippen LogP contribution in [0.25, 0.3) is 0 Å². The number of ether oxygens (including phenoxy) is 1. The van der Waals surface area contributed by atoms with Gasteiger partial charge in [-0.05, 0) is 37.3 Å². The van der Waals surface area contributed by atoms with Crippen LogP contribution in [0.4, 0.5) is 0 Å². The van der Waals surface area contributed by atoms with Gasteiger partial charge in [0.15, 0.2) is 0 Å². The van der Waals surface area contributed by atoms with Crippen molar-refractivity contribution in [3.63, 3.8) is 0 Å². The minimum atomic E-state index is 0.238. The quantitative estimate of drug-likeness (QED) is 0.820. The number of nitriles is 1. The van der Waals surface area contributed by atoms with Crippen LogP contribution in [0.3, 0.4) is 0 Å². The van der Waals surface area contributed by atoms with Gasteiger partial charge in [0.1, 0.15) is 17.4 Å². The average molecular weight is 279 g/mol. The van der Waals surface area contributed by atoms with E-state index in [1.807, 2.05) is 13.0 Å². The van der Waals surface area contributed by atoms with Crippen LogP contribution in [0.5, 0.6) is 11.6 Å². The average Bonchev–Trinajstić information content (AvgIpc) is 2.33. The van der Waals surface area contributed by atoms with Gasteiger partial charge in [0.2, 0.25) is 5.88 Å². The maximum Gasteiger partial charge on any atom is 0.237 e. The molecule has 0 amide bonds. The maximum absolute atomic E-state index is 8.98. The first kappa shape index (κ1) is 12.7. The van der Waals surface area contributed by atoms with Gasteiger partial charge in [-0.3, -0.25) is 0 Å². The Morgan fingerprint density at radius 2 is 2.00 bits per heavy atom. The van der Waals surface area contributed by atoms with Crippen molar-refractivity contribution in [3.05, 3.63) is 51.6 Å². The van der Waals surface area contributed by atoms with Gasteiger partial charge in [-0.1, -0.05) is 23.2 Å².